The van der Waals surface area contributed by atoms with Crippen LogP contribution >= 0.6 is 0 Å². The summed E-state index contributed by atoms with van der Waals surface area (Å²) in [6.45, 7) is 2.29. The first kappa shape index (κ1) is 13.3. The molecule has 2 saturated heterocycles. The van der Waals surface area contributed by atoms with Crippen LogP contribution < -0.4 is 0 Å². The highest BCUT2D eigenvalue weighted by Gasteiger charge is 2.61. The molecule has 21 heavy (non-hydrogen) atoms. The van der Waals surface area contributed by atoms with Crippen molar-refractivity contribution in [2.24, 2.45) is 11.8 Å². The third kappa shape index (κ3) is 1.56. The minimum atomic E-state index is -0.603. The molecule has 5 rings (SSSR count). The maximum Gasteiger partial charge on any atom is 0.308 e. The van der Waals surface area contributed by atoms with E-state index in [-0.39, 0.29) is 17.4 Å². The lowest BCUT2D eigenvalue weighted by Crippen LogP contribution is -2.69. The lowest BCUT2D eigenvalue weighted by atomic mass is 9.48. The Bertz CT molecular complexity index is 599. The van der Waals surface area contributed by atoms with Gasteiger partial charge >= 0.3 is 5.97 Å². The number of carbonyl (C=O) groups is 1. The molecule has 3 nitrogen and oxygen atoms in total. The molecule has 3 fully saturated rings. The van der Waals surface area contributed by atoms with Crippen molar-refractivity contribution in [3.05, 3.63) is 35.4 Å². The number of hydrogen-bond donors (Lipinski definition) is 1. The van der Waals surface area contributed by atoms with Crippen LogP contribution in [-0.2, 0) is 16.6 Å². The molecular weight excluding hydrogens is 262 g/mol. The van der Waals surface area contributed by atoms with E-state index in [4.69, 9.17) is 0 Å². The molecule has 0 amide bonds. The van der Waals surface area contributed by atoms with Gasteiger partial charge < -0.3 is 5.11 Å². The molecule has 0 spiro atoms. The van der Waals surface area contributed by atoms with Gasteiger partial charge in [-0.1, -0.05) is 31.2 Å². The normalized spacial score (nSPS) is 40.9. The zero-order chi connectivity index (χ0) is 14.8. The summed E-state index contributed by atoms with van der Waals surface area (Å²) in [6, 6.07) is 9.58. The third-order valence-corrected chi connectivity index (χ3v) is 6.70. The molecule has 112 valence electrons. The number of hydrogen-bond acceptors (Lipinski definition) is 2. The summed E-state index contributed by atoms with van der Waals surface area (Å²) in [5, 5.41) is 9.57. The first-order chi connectivity index (χ1) is 10.1. The predicted molar refractivity (Wildman–Crippen MR) is 81.3 cm³/mol. The second-order valence-electron chi connectivity index (χ2n) is 7.16. The fraction of sp³-hybridized carbons (Fsp3) is 0.611. The van der Waals surface area contributed by atoms with Crippen LogP contribution in [0.1, 0.15) is 37.3 Å². The van der Waals surface area contributed by atoms with Crippen LogP contribution in [-0.4, -0.2) is 35.1 Å². The highest BCUT2D eigenvalue weighted by Crippen LogP contribution is 2.59. The van der Waals surface area contributed by atoms with Crippen molar-refractivity contribution in [2.45, 2.75) is 50.1 Å². The van der Waals surface area contributed by atoms with Crippen LogP contribution in [0.15, 0.2) is 24.3 Å². The molecule has 4 bridgehead atoms. The summed E-state index contributed by atoms with van der Waals surface area (Å²) in [6.07, 6.45) is 4.08. The van der Waals surface area contributed by atoms with Crippen molar-refractivity contribution < 1.29 is 9.90 Å². The maximum absolute atomic E-state index is 11.6. The number of piperidine rings is 2. The third-order valence-electron chi connectivity index (χ3n) is 6.70. The number of rotatable bonds is 2. The summed E-state index contributed by atoms with van der Waals surface area (Å²) >= 11 is 0. The summed E-state index contributed by atoms with van der Waals surface area (Å²) in [5.41, 5.74) is 3.21. The Morgan fingerprint density at radius 2 is 2.14 bits per heavy atom. The second-order valence-corrected chi connectivity index (χ2v) is 7.16. The summed E-state index contributed by atoms with van der Waals surface area (Å²) in [7, 11) is 2.14. The van der Waals surface area contributed by atoms with Crippen LogP contribution in [0, 0.1) is 11.8 Å². The topological polar surface area (TPSA) is 40.5 Å². The summed E-state index contributed by atoms with van der Waals surface area (Å²) < 4.78 is 0. The van der Waals surface area contributed by atoms with E-state index in [9.17, 15) is 9.90 Å². The molecule has 2 heterocycles. The average Bonchev–Trinajstić information content (AvgIpc) is 2.50. The molecule has 0 radical (unpaired) electrons. The molecule has 4 aliphatic rings. The van der Waals surface area contributed by atoms with Gasteiger partial charge in [0.25, 0.3) is 0 Å². The van der Waals surface area contributed by atoms with Crippen molar-refractivity contribution in [2.75, 3.05) is 7.05 Å². The van der Waals surface area contributed by atoms with E-state index in [1.165, 1.54) is 11.1 Å². The van der Waals surface area contributed by atoms with Gasteiger partial charge in [0.2, 0.25) is 0 Å². The van der Waals surface area contributed by atoms with E-state index in [2.05, 4.69) is 43.1 Å². The number of carboxylic acid groups (broad SMARTS) is 1. The number of likely N-dealkylation sites (N-methyl/N-ethyl adjacent to an activating group) is 1. The quantitative estimate of drug-likeness (QED) is 0.908. The van der Waals surface area contributed by atoms with Crippen LogP contribution in [0.2, 0.25) is 0 Å². The van der Waals surface area contributed by atoms with Gasteiger partial charge in [0, 0.05) is 17.5 Å². The van der Waals surface area contributed by atoms with E-state index in [1.807, 2.05) is 0 Å². The van der Waals surface area contributed by atoms with Gasteiger partial charge in [-0.15, -0.1) is 0 Å². The molecule has 3 heteroatoms. The van der Waals surface area contributed by atoms with Crippen molar-refractivity contribution >= 4 is 5.97 Å². The Labute approximate surface area is 126 Å². The van der Waals surface area contributed by atoms with Crippen molar-refractivity contribution in [1.82, 2.24) is 4.90 Å². The Balaban J connectivity index is 1.86. The Morgan fingerprint density at radius 3 is 2.86 bits per heavy atom. The number of nitrogens with zero attached hydrogens (tertiary/aromatic N) is 1. The monoisotopic (exact) mass is 285 g/mol. The van der Waals surface area contributed by atoms with Gasteiger partial charge in [-0.2, -0.15) is 0 Å². The van der Waals surface area contributed by atoms with Crippen LogP contribution in [0.5, 0.6) is 0 Å². The molecule has 2 aliphatic carbocycles. The summed E-state index contributed by atoms with van der Waals surface area (Å²) in [5.74, 6) is -0.288. The highest BCUT2D eigenvalue weighted by molar-refractivity contribution is 5.72. The van der Waals surface area contributed by atoms with E-state index in [0.29, 0.717) is 12.0 Å². The molecular formula is C18H23NO2. The molecule has 1 aromatic carbocycles. The first-order valence-electron chi connectivity index (χ1n) is 8.11. The van der Waals surface area contributed by atoms with Gasteiger partial charge in [0.15, 0.2) is 0 Å². The largest absolute Gasteiger partial charge is 0.481 e. The fourth-order valence-corrected chi connectivity index (χ4v) is 5.67. The number of benzene rings is 1. The average molecular weight is 285 g/mol. The van der Waals surface area contributed by atoms with Gasteiger partial charge in [-0.25, -0.2) is 0 Å². The Morgan fingerprint density at radius 1 is 1.38 bits per heavy atom. The molecule has 2 aliphatic heterocycles. The Kier molecular flexibility index (Phi) is 2.74. The zero-order valence-corrected chi connectivity index (χ0v) is 12.7. The number of fused-ring (bicyclic) bond motifs is 2. The second kappa shape index (κ2) is 4.33. The Hall–Kier alpha value is -1.35. The van der Waals surface area contributed by atoms with Crippen LogP contribution in [0.4, 0.5) is 0 Å². The molecule has 5 unspecified atom stereocenters. The summed E-state index contributed by atoms with van der Waals surface area (Å²) in [4.78, 5) is 14.0. The SMILES string of the molecule is CCC12CC3C(C(=O)O)CC1C(Cc1ccccc12)N3C. The van der Waals surface area contributed by atoms with E-state index < -0.39 is 5.97 Å². The smallest absolute Gasteiger partial charge is 0.308 e. The van der Waals surface area contributed by atoms with Gasteiger partial charge in [0.1, 0.15) is 0 Å². The van der Waals surface area contributed by atoms with Crippen molar-refractivity contribution in [1.29, 1.82) is 0 Å². The van der Waals surface area contributed by atoms with Gasteiger partial charge in [-0.05, 0) is 49.8 Å². The van der Waals surface area contributed by atoms with Crippen molar-refractivity contribution in [3.63, 3.8) is 0 Å². The first-order valence-corrected chi connectivity index (χ1v) is 8.11. The van der Waals surface area contributed by atoms with E-state index in [0.717, 1.165) is 25.7 Å². The zero-order valence-electron chi connectivity index (χ0n) is 12.7. The lowest BCUT2D eigenvalue weighted by Gasteiger charge is -2.64. The number of aliphatic carboxylic acids is 1. The minimum absolute atomic E-state index is 0.179. The van der Waals surface area contributed by atoms with Crippen LogP contribution in [0.3, 0.4) is 0 Å². The highest BCUT2D eigenvalue weighted by atomic mass is 16.4. The molecule has 1 N–H and O–H groups in total. The minimum Gasteiger partial charge on any atom is -0.481 e. The van der Waals surface area contributed by atoms with Crippen LogP contribution in [0.25, 0.3) is 0 Å². The van der Waals surface area contributed by atoms with Crippen molar-refractivity contribution in [3.8, 4) is 0 Å². The van der Waals surface area contributed by atoms with Gasteiger partial charge in [-0.3, -0.25) is 9.69 Å². The van der Waals surface area contributed by atoms with Gasteiger partial charge in [0.05, 0.1) is 5.92 Å². The van der Waals surface area contributed by atoms with E-state index in [1.54, 1.807) is 0 Å². The maximum atomic E-state index is 11.6. The fourth-order valence-electron chi connectivity index (χ4n) is 5.67. The molecule has 1 saturated carbocycles. The van der Waals surface area contributed by atoms with E-state index >= 15 is 0 Å². The lowest BCUT2D eigenvalue weighted by molar-refractivity contribution is -0.159. The number of carboxylic acids is 1. The molecule has 0 aromatic heterocycles. The molecule has 5 atom stereocenters. The standard InChI is InChI=1S/C18H23NO2/c1-3-18-10-16-12(17(20)21)9-14(18)15(19(16)2)8-11-6-4-5-7-13(11)18/h4-7,12,14-16H,3,8-10H2,1-2H3,(H,20,21). The predicted octanol–water partition coefficient (Wildman–Crippen LogP) is 2.68. The molecule has 1 aromatic rings.